The number of rotatable bonds is 7. The van der Waals surface area contributed by atoms with Gasteiger partial charge in [0.2, 0.25) is 0 Å². The van der Waals surface area contributed by atoms with Crippen LogP contribution in [0, 0.1) is 0 Å². The maximum Gasteiger partial charge on any atom is 0.305 e. The lowest BCUT2D eigenvalue weighted by Crippen LogP contribution is -2.24. The van der Waals surface area contributed by atoms with Crippen molar-refractivity contribution in [1.82, 2.24) is 5.32 Å². The molecule has 1 aromatic heterocycles. The summed E-state index contributed by atoms with van der Waals surface area (Å²) in [4.78, 5) is 24.2. The number of amides is 1. The zero-order valence-corrected chi connectivity index (χ0v) is 13.3. The fourth-order valence-corrected chi connectivity index (χ4v) is 2.91. The van der Waals surface area contributed by atoms with Gasteiger partial charge in [0.1, 0.15) is 0 Å². The van der Waals surface area contributed by atoms with Crippen LogP contribution in [0.2, 0.25) is 0 Å². The lowest BCUT2D eigenvalue weighted by Gasteiger charge is -2.06. The Bertz CT molecular complexity index is 622. The number of carbonyl (C=O) groups is 2. The Kier molecular flexibility index (Phi) is 6.15. The molecule has 22 heavy (non-hydrogen) atoms. The molecular formula is C17H19NO3S. The zero-order chi connectivity index (χ0) is 15.8. The zero-order valence-electron chi connectivity index (χ0n) is 12.5. The summed E-state index contributed by atoms with van der Waals surface area (Å²) in [6.45, 7) is 2.63. The number of nitrogens with one attached hydrogen (secondary N) is 1. The number of hydrogen-bond donors (Lipinski definition) is 1. The van der Waals surface area contributed by atoms with E-state index in [2.05, 4.69) is 5.32 Å². The average molecular weight is 317 g/mol. The maximum absolute atomic E-state index is 12.3. The third kappa shape index (κ3) is 4.43. The van der Waals surface area contributed by atoms with Crippen molar-refractivity contribution in [3.05, 3.63) is 46.7 Å². The van der Waals surface area contributed by atoms with E-state index in [4.69, 9.17) is 4.74 Å². The van der Waals surface area contributed by atoms with Gasteiger partial charge >= 0.3 is 5.97 Å². The quantitative estimate of drug-likeness (QED) is 0.628. The van der Waals surface area contributed by atoms with Crippen LogP contribution >= 0.6 is 11.3 Å². The van der Waals surface area contributed by atoms with Gasteiger partial charge in [-0.25, -0.2) is 0 Å². The molecule has 116 valence electrons. The van der Waals surface area contributed by atoms with Gasteiger partial charge in [-0.2, -0.15) is 0 Å². The monoisotopic (exact) mass is 317 g/mol. The molecule has 0 atom stereocenters. The van der Waals surface area contributed by atoms with Gasteiger partial charge < -0.3 is 10.1 Å². The molecule has 0 aliphatic rings. The minimum absolute atomic E-state index is 0.0993. The summed E-state index contributed by atoms with van der Waals surface area (Å²) < 4.78 is 4.85. The number of benzene rings is 1. The smallest absolute Gasteiger partial charge is 0.305 e. The SMILES string of the molecule is CCOC(=O)CCCNC(=O)c1sccc1-c1ccccc1. The molecule has 1 heterocycles. The molecule has 0 saturated heterocycles. The van der Waals surface area contributed by atoms with Crippen LogP contribution < -0.4 is 5.32 Å². The first-order valence-corrected chi connectivity index (χ1v) is 8.17. The van der Waals surface area contributed by atoms with E-state index in [0.29, 0.717) is 30.9 Å². The molecule has 1 amide bonds. The highest BCUT2D eigenvalue weighted by molar-refractivity contribution is 7.12. The van der Waals surface area contributed by atoms with Gasteiger partial charge in [0.25, 0.3) is 5.91 Å². The summed E-state index contributed by atoms with van der Waals surface area (Å²) in [5, 5.41) is 4.77. The standard InChI is InChI=1S/C17H19NO3S/c1-2-21-15(19)9-6-11-18-17(20)16-14(10-12-22-16)13-7-4-3-5-8-13/h3-5,7-8,10,12H,2,6,9,11H2,1H3,(H,18,20). The van der Waals surface area contributed by atoms with Gasteiger partial charge in [-0.05, 0) is 30.4 Å². The van der Waals surface area contributed by atoms with E-state index in [0.717, 1.165) is 11.1 Å². The minimum atomic E-state index is -0.224. The van der Waals surface area contributed by atoms with E-state index < -0.39 is 0 Å². The summed E-state index contributed by atoms with van der Waals surface area (Å²) in [5.41, 5.74) is 1.97. The largest absolute Gasteiger partial charge is 0.466 e. The van der Waals surface area contributed by atoms with Crippen molar-refractivity contribution in [2.24, 2.45) is 0 Å². The summed E-state index contributed by atoms with van der Waals surface area (Å²) in [5.74, 6) is -0.324. The Balaban J connectivity index is 1.89. The lowest BCUT2D eigenvalue weighted by molar-refractivity contribution is -0.143. The summed E-state index contributed by atoms with van der Waals surface area (Å²) >= 11 is 1.42. The third-order valence-electron chi connectivity index (χ3n) is 3.10. The van der Waals surface area contributed by atoms with E-state index in [1.165, 1.54) is 11.3 Å². The Labute approximate surface area is 134 Å². The molecular weight excluding hydrogens is 298 g/mol. The highest BCUT2D eigenvalue weighted by Gasteiger charge is 2.14. The second-order valence-electron chi connectivity index (χ2n) is 4.69. The topological polar surface area (TPSA) is 55.4 Å². The highest BCUT2D eigenvalue weighted by atomic mass is 32.1. The summed E-state index contributed by atoms with van der Waals surface area (Å²) in [6, 6.07) is 11.8. The molecule has 0 bridgehead atoms. The molecule has 1 N–H and O–H groups in total. The molecule has 5 heteroatoms. The first-order valence-electron chi connectivity index (χ1n) is 7.29. The van der Waals surface area contributed by atoms with Crippen LogP contribution in [0.1, 0.15) is 29.4 Å². The average Bonchev–Trinajstić information content (AvgIpc) is 3.02. The van der Waals surface area contributed by atoms with E-state index in [-0.39, 0.29) is 11.9 Å². The van der Waals surface area contributed by atoms with Crippen LogP contribution in [0.25, 0.3) is 11.1 Å². The Morgan fingerprint density at radius 2 is 1.95 bits per heavy atom. The maximum atomic E-state index is 12.3. The fourth-order valence-electron chi connectivity index (χ4n) is 2.08. The third-order valence-corrected chi connectivity index (χ3v) is 4.02. The van der Waals surface area contributed by atoms with Crippen molar-refractivity contribution in [2.45, 2.75) is 19.8 Å². The van der Waals surface area contributed by atoms with Gasteiger partial charge in [0, 0.05) is 18.5 Å². The Morgan fingerprint density at radius 3 is 2.68 bits per heavy atom. The second-order valence-corrected chi connectivity index (χ2v) is 5.61. The van der Waals surface area contributed by atoms with E-state index in [1.54, 1.807) is 6.92 Å². The Morgan fingerprint density at radius 1 is 1.18 bits per heavy atom. The predicted octanol–water partition coefficient (Wildman–Crippen LogP) is 3.49. The van der Waals surface area contributed by atoms with Crippen LogP contribution in [0.3, 0.4) is 0 Å². The molecule has 0 fully saturated rings. The molecule has 1 aromatic carbocycles. The number of carbonyl (C=O) groups excluding carboxylic acids is 2. The van der Waals surface area contributed by atoms with Crippen LogP contribution in [-0.2, 0) is 9.53 Å². The van der Waals surface area contributed by atoms with Crippen molar-refractivity contribution in [2.75, 3.05) is 13.2 Å². The van der Waals surface area contributed by atoms with E-state index in [9.17, 15) is 9.59 Å². The molecule has 0 aliphatic heterocycles. The summed E-state index contributed by atoms with van der Waals surface area (Å²) in [6.07, 6.45) is 0.903. The predicted molar refractivity (Wildman–Crippen MR) is 88.0 cm³/mol. The number of hydrogen-bond acceptors (Lipinski definition) is 4. The van der Waals surface area contributed by atoms with E-state index >= 15 is 0 Å². The van der Waals surface area contributed by atoms with Crippen LogP contribution in [0.15, 0.2) is 41.8 Å². The number of thiophene rings is 1. The fraction of sp³-hybridized carbons (Fsp3) is 0.294. The molecule has 2 aromatic rings. The molecule has 0 saturated carbocycles. The van der Waals surface area contributed by atoms with Crippen LogP contribution in [0.4, 0.5) is 0 Å². The van der Waals surface area contributed by atoms with Gasteiger partial charge in [-0.1, -0.05) is 30.3 Å². The molecule has 4 nitrogen and oxygen atoms in total. The Hall–Kier alpha value is -2.14. The molecule has 2 rings (SSSR count). The summed E-state index contributed by atoms with van der Waals surface area (Å²) in [7, 11) is 0. The van der Waals surface area contributed by atoms with E-state index in [1.807, 2.05) is 41.8 Å². The van der Waals surface area contributed by atoms with Crippen molar-refractivity contribution in [3.8, 4) is 11.1 Å². The molecule has 0 aliphatic carbocycles. The van der Waals surface area contributed by atoms with Crippen molar-refractivity contribution in [1.29, 1.82) is 0 Å². The first kappa shape index (κ1) is 16.2. The molecule has 0 radical (unpaired) electrons. The second kappa shape index (κ2) is 8.34. The van der Waals surface area contributed by atoms with Crippen molar-refractivity contribution in [3.63, 3.8) is 0 Å². The first-order chi connectivity index (χ1) is 10.7. The number of ether oxygens (including phenoxy) is 1. The highest BCUT2D eigenvalue weighted by Crippen LogP contribution is 2.27. The van der Waals surface area contributed by atoms with Crippen molar-refractivity contribution < 1.29 is 14.3 Å². The molecule has 0 unspecified atom stereocenters. The van der Waals surface area contributed by atoms with Crippen LogP contribution in [0.5, 0.6) is 0 Å². The van der Waals surface area contributed by atoms with Gasteiger partial charge in [-0.15, -0.1) is 11.3 Å². The normalized spacial score (nSPS) is 10.2. The lowest BCUT2D eigenvalue weighted by atomic mass is 10.1. The minimum Gasteiger partial charge on any atom is -0.466 e. The van der Waals surface area contributed by atoms with Gasteiger partial charge in [0.15, 0.2) is 0 Å². The van der Waals surface area contributed by atoms with Crippen LogP contribution in [-0.4, -0.2) is 25.0 Å². The van der Waals surface area contributed by atoms with Crippen molar-refractivity contribution >= 4 is 23.2 Å². The van der Waals surface area contributed by atoms with Gasteiger partial charge in [-0.3, -0.25) is 9.59 Å². The molecule has 0 spiro atoms. The number of esters is 1. The van der Waals surface area contributed by atoms with Gasteiger partial charge in [0.05, 0.1) is 11.5 Å².